The minimum Gasteiger partial charge on any atom is -0.322 e. The summed E-state index contributed by atoms with van der Waals surface area (Å²) < 4.78 is 0.986. The highest BCUT2D eigenvalue weighted by molar-refractivity contribution is 9.10. The first-order valence-electron chi connectivity index (χ1n) is 6.43. The first kappa shape index (κ1) is 14.0. The van der Waals surface area contributed by atoms with E-state index in [9.17, 15) is 4.79 Å². The maximum Gasteiger partial charge on any atom is 0.255 e. The molecule has 0 saturated heterocycles. The number of carbonyl (C=O) groups is 1. The summed E-state index contributed by atoms with van der Waals surface area (Å²) in [6.07, 6.45) is 0. The van der Waals surface area contributed by atoms with Crippen molar-refractivity contribution < 1.29 is 4.79 Å². The van der Waals surface area contributed by atoms with Gasteiger partial charge >= 0.3 is 0 Å². The zero-order valence-electron chi connectivity index (χ0n) is 11.0. The van der Waals surface area contributed by atoms with Gasteiger partial charge in [-0.1, -0.05) is 34.1 Å². The molecule has 0 bridgehead atoms. The molecule has 2 nitrogen and oxygen atoms in total. The van der Waals surface area contributed by atoms with Crippen molar-refractivity contribution in [3.8, 4) is 10.4 Å². The third kappa shape index (κ3) is 3.40. The van der Waals surface area contributed by atoms with Gasteiger partial charge in [-0.25, -0.2) is 0 Å². The van der Waals surface area contributed by atoms with Gasteiger partial charge in [0.25, 0.3) is 5.91 Å². The predicted octanol–water partition coefficient (Wildman–Crippen LogP) is 5.43. The number of anilines is 1. The van der Waals surface area contributed by atoms with Gasteiger partial charge in [0.2, 0.25) is 0 Å². The third-order valence-electron chi connectivity index (χ3n) is 3.03. The summed E-state index contributed by atoms with van der Waals surface area (Å²) in [7, 11) is 0. The minimum absolute atomic E-state index is 0.101. The van der Waals surface area contributed by atoms with E-state index < -0.39 is 0 Å². The Bertz CT molecular complexity index is 751. The zero-order chi connectivity index (χ0) is 14.7. The molecular formula is C17H12BrNOS. The van der Waals surface area contributed by atoms with Crippen LogP contribution >= 0.6 is 27.3 Å². The molecule has 1 heterocycles. The molecule has 4 heteroatoms. The highest BCUT2D eigenvalue weighted by atomic mass is 79.9. The van der Waals surface area contributed by atoms with E-state index in [0.717, 1.165) is 20.6 Å². The second-order valence-corrected chi connectivity index (χ2v) is 6.38. The summed E-state index contributed by atoms with van der Waals surface area (Å²) in [5.41, 5.74) is 2.50. The molecule has 1 N–H and O–H groups in total. The van der Waals surface area contributed by atoms with Gasteiger partial charge in [-0.15, -0.1) is 11.3 Å². The van der Waals surface area contributed by atoms with Gasteiger partial charge in [-0.2, -0.15) is 0 Å². The standard InChI is InChI=1S/C17H12BrNOS/c18-14-6-8-15(9-7-14)19-17(20)13-4-1-3-12(11-13)16-5-2-10-21-16/h1-11H,(H,19,20). The van der Waals surface area contributed by atoms with Crippen LogP contribution in [0.1, 0.15) is 10.4 Å². The maximum absolute atomic E-state index is 12.3. The fourth-order valence-corrected chi connectivity index (χ4v) is 2.98. The van der Waals surface area contributed by atoms with Crippen LogP contribution in [0.2, 0.25) is 0 Å². The molecule has 1 amide bonds. The fraction of sp³-hybridized carbons (Fsp3) is 0. The Morgan fingerprint density at radius 1 is 1.00 bits per heavy atom. The number of halogens is 1. The number of amides is 1. The summed E-state index contributed by atoms with van der Waals surface area (Å²) in [6, 6.07) is 19.3. The Labute approximate surface area is 135 Å². The van der Waals surface area contributed by atoms with E-state index in [4.69, 9.17) is 0 Å². The lowest BCUT2D eigenvalue weighted by atomic mass is 10.1. The average Bonchev–Trinajstić information content (AvgIpc) is 3.04. The second-order valence-electron chi connectivity index (χ2n) is 4.52. The Hall–Kier alpha value is -1.91. The smallest absolute Gasteiger partial charge is 0.255 e. The molecule has 3 aromatic rings. The number of hydrogen-bond acceptors (Lipinski definition) is 2. The predicted molar refractivity (Wildman–Crippen MR) is 91.9 cm³/mol. The van der Waals surface area contributed by atoms with Crippen LogP contribution in [0.5, 0.6) is 0 Å². The van der Waals surface area contributed by atoms with E-state index in [2.05, 4.69) is 27.3 Å². The Balaban J connectivity index is 1.81. The van der Waals surface area contributed by atoms with Crippen molar-refractivity contribution in [3.63, 3.8) is 0 Å². The van der Waals surface area contributed by atoms with Gasteiger partial charge in [0.1, 0.15) is 0 Å². The van der Waals surface area contributed by atoms with Gasteiger partial charge in [-0.05, 0) is 53.4 Å². The van der Waals surface area contributed by atoms with E-state index in [1.54, 1.807) is 11.3 Å². The normalized spacial score (nSPS) is 10.3. The summed E-state index contributed by atoms with van der Waals surface area (Å²) >= 11 is 5.04. The van der Waals surface area contributed by atoms with E-state index in [-0.39, 0.29) is 5.91 Å². The third-order valence-corrected chi connectivity index (χ3v) is 4.48. The van der Waals surface area contributed by atoms with Crippen LogP contribution in [0, 0.1) is 0 Å². The lowest BCUT2D eigenvalue weighted by molar-refractivity contribution is 0.102. The van der Waals surface area contributed by atoms with Gasteiger partial charge in [0, 0.05) is 20.6 Å². The van der Waals surface area contributed by atoms with Gasteiger partial charge in [0.05, 0.1) is 0 Å². The number of nitrogens with one attached hydrogen (secondary N) is 1. The van der Waals surface area contributed by atoms with Gasteiger partial charge in [0.15, 0.2) is 0 Å². The van der Waals surface area contributed by atoms with E-state index in [0.29, 0.717) is 5.56 Å². The average molecular weight is 358 g/mol. The number of benzene rings is 2. The summed E-state index contributed by atoms with van der Waals surface area (Å²) in [4.78, 5) is 13.5. The molecule has 104 valence electrons. The first-order valence-corrected chi connectivity index (χ1v) is 8.10. The van der Waals surface area contributed by atoms with Crippen LogP contribution in [-0.4, -0.2) is 5.91 Å². The van der Waals surface area contributed by atoms with Crippen molar-refractivity contribution in [1.82, 2.24) is 0 Å². The Morgan fingerprint density at radius 3 is 2.52 bits per heavy atom. The molecule has 0 atom stereocenters. The van der Waals surface area contributed by atoms with Gasteiger partial charge < -0.3 is 5.32 Å². The molecule has 0 fully saturated rings. The minimum atomic E-state index is -0.101. The number of rotatable bonds is 3. The zero-order valence-corrected chi connectivity index (χ0v) is 13.4. The van der Waals surface area contributed by atoms with Crippen molar-refractivity contribution in [2.24, 2.45) is 0 Å². The van der Waals surface area contributed by atoms with Crippen LogP contribution in [0.15, 0.2) is 70.5 Å². The van der Waals surface area contributed by atoms with Crippen molar-refractivity contribution >= 4 is 38.9 Å². The lowest BCUT2D eigenvalue weighted by Gasteiger charge is -2.06. The summed E-state index contributed by atoms with van der Waals surface area (Å²) in [5, 5.41) is 4.93. The van der Waals surface area contributed by atoms with Crippen molar-refractivity contribution in [3.05, 3.63) is 76.1 Å². The maximum atomic E-state index is 12.3. The molecular weight excluding hydrogens is 346 g/mol. The van der Waals surface area contributed by atoms with Crippen molar-refractivity contribution in [2.45, 2.75) is 0 Å². The molecule has 21 heavy (non-hydrogen) atoms. The number of thiophene rings is 1. The Morgan fingerprint density at radius 2 is 1.81 bits per heavy atom. The van der Waals surface area contributed by atoms with E-state index >= 15 is 0 Å². The molecule has 0 radical (unpaired) electrons. The monoisotopic (exact) mass is 357 g/mol. The molecule has 2 aromatic carbocycles. The van der Waals surface area contributed by atoms with E-state index in [1.165, 1.54) is 0 Å². The largest absolute Gasteiger partial charge is 0.322 e. The highest BCUT2D eigenvalue weighted by Gasteiger charge is 2.08. The van der Waals surface area contributed by atoms with Crippen molar-refractivity contribution in [1.29, 1.82) is 0 Å². The number of carbonyl (C=O) groups excluding carboxylic acids is 1. The van der Waals surface area contributed by atoms with Crippen LogP contribution in [-0.2, 0) is 0 Å². The summed E-state index contributed by atoms with van der Waals surface area (Å²) in [6.45, 7) is 0. The molecule has 1 aromatic heterocycles. The van der Waals surface area contributed by atoms with Crippen molar-refractivity contribution in [2.75, 3.05) is 5.32 Å². The van der Waals surface area contributed by atoms with Gasteiger partial charge in [-0.3, -0.25) is 4.79 Å². The van der Waals surface area contributed by atoms with Crippen LogP contribution in [0.4, 0.5) is 5.69 Å². The molecule has 0 saturated carbocycles. The fourth-order valence-electron chi connectivity index (χ4n) is 1.99. The molecule has 0 aliphatic heterocycles. The van der Waals surface area contributed by atoms with E-state index in [1.807, 2.05) is 60.0 Å². The molecule has 0 aliphatic carbocycles. The highest BCUT2D eigenvalue weighted by Crippen LogP contribution is 2.25. The molecule has 0 unspecified atom stereocenters. The van der Waals surface area contributed by atoms with Crippen LogP contribution in [0.3, 0.4) is 0 Å². The molecule has 3 rings (SSSR count). The first-order chi connectivity index (χ1) is 10.2. The second kappa shape index (κ2) is 6.24. The summed E-state index contributed by atoms with van der Waals surface area (Å²) in [5.74, 6) is -0.101. The van der Waals surface area contributed by atoms with Crippen LogP contribution < -0.4 is 5.32 Å². The quantitative estimate of drug-likeness (QED) is 0.665. The molecule has 0 spiro atoms. The topological polar surface area (TPSA) is 29.1 Å². The number of hydrogen-bond donors (Lipinski definition) is 1. The Kier molecular flexibility index (Phi) is 4.18. The molecule has 0 aliphatic rings. The lowest BCUT2D eigenvalue weighted by Crippen LogP contribution is -2.11. The SMILES string of the molecule is O=C(Nc1ccc(Br)cc1)c1cccc(-c2cccs2)c1. The van der Waals surface area contributed by atoms with Crippen LogP contribution in [0.25, 0.3) is 10.4 Å².